The molecule has 2 heteroatoms. The zero-order chi connectivity index (χ0) is 15.7. The molecular weight excluding hydrogens is 270 g/mol. The van der Waals surface area contributed by atoms with Crippen LogP contribution in [0.4, 0.5) is 0 Å². The molecule has 0 saturated carbocycles. The van der Waals surface area contributed by atoms with Crippen LogP contribution in [0.3, 0.4) is 0 Å². The van der Waals surface area contributed by atoms with E-state index in [1.165, 1.54) is 16.7 Å². The third-order valence-electron chi connectivity index (χ3n) is 4.35. The Labute approximate surface area is 132 Å². The Morgan fingerprint density at radius 2 is 1.86 bits per heavy atom. The molecule has 0 aromatic heterocycles. The quantitative estimate of drug-likeness (QED) is 0.778. The van der Waals surface area contributed by atoms with E-state index >= 15 is 0 Å². The minimum absolute atomic E-state index is 0.351. The summed E-state index contributed by atoms with van der Waals surface area (Å²) in [5.41, 5.74) is 7.21. The average Bonchev–Trinajstić information content (AvgIpc) is 2.52. The molecule has 1 heterocycles. The lowest BCUT2D eigenvalue weighted by Gasteiger charge is -2.26. The summed E-state index contributed by atoms with van der Waals surface area (Å²) in [5.74, 6) is 1.24. The highest BCUT2D eigenvalue weighted by molar-refractivity contribution is 6.12. The highest BCUT2D eigenvalue weighted by Gasteiger charge is 2.25. The number of dihydropyridines is 1. The van der Waals surface area contributed by atoms with Crippen LogP contribution in [0.2, 0.25) is 0 Å². The van der Waals surface area contributed by atoms with Gasteiger partial charge in [-0.2, -0.15) is 0 Å². The van der Waals surface area contributed by atoms with Crippen molar-refractivity contribution in [2.24, 2.45) is 10.9 Å². The van der Waals surface area contributed by atoms with Crippen LogP contribution in [0.25, 0.3) is 0 Å². The average molecular weight is 293 g/mol. The molecule has 1 aromatic carbocycles. The molecule has 0 saturated heterocycles. The molecule has 1 unspecified atom stereocenters. The summed E-state index contributed by atoms with van der Waals surface area (Å²) in [6.45, 7) is 6.45. The van der Waals surface area contributed by atoms with Crippen LogP contribution in [-0.4, -0.2) is 12.8 Å². The normalized spacial score (nSPS) is 20.5. The van der Waals surface area contributed by atoms with Gasteiger partial charge in [-0.3, -0.25) is 0 Å². The van der Waals surface area contributed by atoms with Crippen LogP contribution in [-0.2, 0) is 4.74 Å². The van der Waals surface area contributed by atoms with Crippen molar-refractivity contribution in [2.75, 3.05) is 7.11 Å². The van der Waals surface area contributed by atoms with Gasteiger partial charge in [0.25, 0.3) is 0 Å². The van der Waals surface area contributed by atoms with Gasteiger partial charge in [0.1, 0.15) is 11.5 Å². The number of methoxy groups -OCH3 is 1. The van der Waals surface area contributed by atoms with Crippen LogP contribution >= 0.6 is 0 Å². The van der Waals surface area contributed by atoms with Crippen molar-refractivity contribution in [3.8, 4) is 0 Å². The number of hydrogen-bond acceptors (Lipinski definition) is 2. The second kappa shape index (κ2) is 5.96. The van der Waals surface area contributed by atoms with Gasteiger partial charge in [0.2, 0.25) is 0 Å². The number of aliphatic imine (C=N–C) groups is 1. The third-order valence-corrected chi connectivity index (χ3v) is 4.35. The summed E-state index contributed by atoms with van der Waals surface area (Å²) in [6, 6.07) is 6.54. The Balaban J connectivity index is 2.06. The standard InChI is InChI=1S/C20H23NO/c1-5-15-6-7-18-16(11-15)12-19(22-4)20(21-18)17-9-13(2)8-14(3)10-17/h6-10,12,16H,5,11H2,1-4H3. The molecule has 3 rings (SSSR count). The molecule has 0 bridgehead atoms. The molecule has 1 aliphatic carbocycles. The highest BCUT2D eigenvalue weighted by Crippen LogP contribution is 2.34. The van der Waals surface area contributed by atoms with E-state index in [9.17, 15) is 0 Å². The van der Waals surface area contributed by atoms with Crippen LogP contribution in [0.1, 0.15) is 36.5 Å². The maximum atomic E-state index is 5.64. The van der Waals surface area contributed by atoms with E-state index in [1.807, 2.05) is 0 Å². The SMILES string of the molecule is CCC1=CC=C2N=C(c3cc(C)cc(C)c3)C(OC)=CC2C1. The fourth-order valence-electron chi connectivity index (χ4n) is 3.24. The van der Waals surface area contributed by atoms with E-state index in [1.54, 1.807) is 7.11 Å². The van der Waals surface area contributed by atoms with Crippen LogP contribution in [0.5, 0.6) is 0 Å². The Morgan fingerprint density at radius 1 is 1.14 bits per heavy atom. The topological polar surface area (TPSA) is 21.6 Å². The monoisotopic (exact) mass is 293 g/mol. The highest BCUT2D eigenvalue weighted by atomic mass is 16.5. The third kappa shape index (κ3) is 2.78. The maximum absolute atomic E-state index is 5.64. The number of rotatable bonds is 3. The Morgan fingerprint density at radius 3 is 2.50 bits per heavy atom. The molecule has 2 nitrogen and oxygen atoms in total. The lowest BCUT2D eigenvalue weighted by atomic mass is 9.86. The molecule has 1 aromatic rings. The van der Waals surface area contributed by atoms with Crippen molar-refractivity contribution in [3.63, 3.8) is 0 Å². The molecule has 0 spiro atoms. The zero-order valence-electron chi connectivity index (χ0n) is 13.8. The van der Waals surface area contributed by atoms with Crippen molar-refractivity contribution in [1.29, 1.82) is 0 Å². The molecular formula is C20H23NO. The summed E-state index contributed by atoms with van der Waals surface area (Å²) in [7, 11) is 1.73. The Bertz CT molecular complexity index is 699. The first-order valence-corrected chi connectivity index (χ1v) is 7.94. The van der Waals surface area contributed by atoms with Gasteiger partial charge in [-0.1, -0.05) is 35.8 Å². The minimum Gasteiger partial charge on any atom is -0.495 e. The zero-order valence-corrected chi connectivity index (χ0v) is 13.8. The van der Waals surface area contributed by atoms with Crippen LogP contribution in [0.15, 0.2) is 58.4 Å². The van der Waals surface area contributed by atoms with E-state index < -0.39 is 0 Å². The summed E-state index contributed by atoms with van der Waals surface area (Å²) in [5, 5.41) is 0. The van der Waals surface area contributed by atoms with Crippen molar-refractivity contribution < 1.29 is 4.74 Å². The Kier molecular flexibility index (Phi) is 4.02. The van der Waals surface area contributed by atoms with Gasteiger partial charge in [-0.05, 0) is 51.0 Å². The van der Waals surface area contributed by atoms with Gasteiger partial charge in [-0.15, -0.1) is 0 Å². The molecule has 0 amide bonds. The van der Waals surface area contributed by atoms with E-state index in [0.717, 1.165) is 35.6 Å². The number of fused-ring (bicyclic) bond motifs is 1. The fourth-order valence-corrected chi connectivity index (χ4v) is 3.24. The van der Waals surface area contributed by atoms with E-state index in [0.29, 0.717) is 5.92 Å². The van der Waals surface area contributed by atoms with Crippen molar-refractivity contribution in [2.45, 2.75) is 33.6 Å². The van der Waals surface area contributed by atoms with Gasteiger partial charge in [0, 0.05) is 17.2 Å². The predicted octanol–water partition coefficient (Wildman–Crippen LogP) is 4.88. The van der Waals surface area contributed by atoms with Gasteiger partial charge >= 0.3 is 0 Å². The molecule has 2 aliphatic rings. The fraction of sp³-hybridized carbons (Fsp3) is 0.350. The second-order valence-corrected chi connectivity index (χ2v) is 6.15. The number of ether oxygens (including phenoxy) is 1. The predicted molar refractivity (Wildman–Crippen MR) is 92.1 cm³/mol. The van der Waals surface area contributed by atoms with Crippen LogP contribution < -0.4 is 0 Å². The number of allylic oxidation sites excluding steroid dienone is 5. The Hall–Kier alpha value is -2.09. The molecule has 1 aliphatic heterocycles. The lowest BCUT2D eigenvalue weighted by molar-refractivity contribution is 0.309. The second-order valence-electron chi connectivity index (χ2n) is 6.15. The molecule has 22 heavy (non-hydrogen) atoms. The number of nitrogens with zero attached hydrogens (tertiary/aromatic N) is 1. The number of aryl methyl sites for hydroxylation is 2. The summed E-state index contributed by atoms with van der Waals surface area (Å²) >= 11 is 0. The van der Waals surface area contributed by atoms with Gasteiger partial charge in [0.05, 0.1) is 7.11 Å². The van der Waals surface area contributed by atoms with E-state index in [-0.39, 0.29) is 0 Å². The largest absolute Gasteiger partial charge is 0.495 e. The van der Waals surface area contributed by atoms with Gasteiger partial charge in [0.15, 0.2) is 0 Å². The minimum atomic E-state index is 0.351. The van der Waals surface area contributed by atoms with E-state index in [2.05, 4.69) is 57.2 Å². The lowest BCUT2D eigenvalue weighted by Crippen LogP contribution is -2.18. The smallest absolute Gasteiger partial charge is 0.141 e. The molecule has 1 atom stereocenters. The summed E-state index contributed by atoms with van der Waals surface area (Å²) < 4.78 is 5.64. The molecule has 0 fully saturated rings. The number of hydrogen-bond donors (Lipinski definition) is 0. The first kappa shape index (κ1) is 14.8. The van der Waals surface area contributed by atoms with Crippen molar-refractivity contribution in [3.05, 3.63) is 70.1 Å². The summed E-state index contributed by atoms with van der Waals surface area (Å²) in [6.07, 6.45) is 8.77. The first-order valence-electron chi connectivity index (χ1n) is 7.94. The molecule has 0 N–H and O–H groups in total. The maximum Gasteiger partial charge on any atom is 0.141 e. The summed E-state index contributed by atoms with van der Waals surface area (Å²) in [4.78, 5) is 4.92. The van der Waals surface area contributed by atoms with Gasteiger partial charge < -0.3 is 4.74 Å². The first-order chi connectivity index (χ1) is 10.6. The van der Waals surface area contributed by atoms with Gasteiger partial charge in [-0.25, -0.2) is 4.99 Å². The van der Waals surface area contributed by atoms with Crippen molar-refractivity contribution >= 4 is 5.71 Å². The van der Waals surface area contributed by atoms with E-state index in [4.69, 9.17) is 9.73 Å². The molecule has 0 radical (unpaired) electrons. The number of benzene rings is 1. The van der Waals surface area contributed by atoms with Crippen LogP contribution in [0, 0.1) is 19.8 Å². The molecule has 114 valence electrons. The van der Waals surface area contributed by atoms with Crippen molar-refractivity contribution in [1.82, 2.24) is 0 Å².